The number of benzene rings is 2. The number of nitrogens with zero attached hydrogens (tertiary/aromatic N) is 2. The maximum absolute atomic E-state index is 12.9. The second-order valence-corrected chi connectivity index (χ2v) is 8.32. The molecule has 0 fully saturated rings. The Kier molecular flexibility index (Phi) is 5.95. The van der Waals surface area contributed by atoms with Crippen LogP contribution in [0.5, 0.6) is 0 Å². The van der Waals surface area contributed by atoms with E-state index in [1.165, 1.54) is 12.1 Å². The minimum atomic E-state index is -4.35. The number of allylic oxidation sites excluding steroid dienone is 1. The number of aromatic nitrogens is 2. The normalized spacial score (nSPS) is 18.6. The van der Waals surface area contributed by atoms with Crippen molar-refractivity contribution in [2.75, 3.05) is 0 Å². The average molecular weight is 446 g/mol. The lowest BCUT2D eigenvalue weighted by atomic mass is 9.96. The van der Waals surface area contributed by atoms with Crippen LogP contribution in [0.2, 0.25) is 5.02 Å². The molecular weight excluding hydrogens is 423 g/mol. The molecule has 162 valence electrons. The van der Waals surface area contributed by atoms with Crippen molar-refractivity contribution in [1.29, 1.82) is 0 Å². The zero-order valence-electron chi connectivity index (χ0n) is 17.2. The van der Waals surface area contributed by atoms with Gasteiger partial charge >= 0.3 is 6.18 Å². The Morgan fingerprint density at radius 2 is 1.84 bits per heavy atom. The van der Waals surface area contributed by atoms with Crippen molar-refractivity contribution in [3.05, 3.63) is 93.8 Å². The molecule has 1 N–H and O–H groups in total. The molecule has 31 heavy (non-hydrogen) atoms. The van der Waals surface area contributed by atoms with E-state index in [4.69, 9.17) is 11.6 Å². The first-order valence-corrected chi connectivity index (χ1v) is 10.5. The summed E-state index contributed by atoms with van der Waals surface area (Å²) in [5.74, 6) is 0.208. The van der Waals surface area contributed by atoms with Crippen molar-refractivity contribution >= 4 is 11.6 Å². The molecular formula is C24H23ClF3N3. The first-order chi connectivity index (χ1) is 14.7. The number of nitrogens with one attached hydrogen (secondary N) is 1. The van der Waals surface area contributed by atoms with E-state index < -0.39 is 11.7 Å². The first-order valence-electron chi connectivity index (χ1n) is 10.1. The molecule has 3 nitrogen and oxygen atoms in total. The molecule has 0 radical (unpaired) electrons. The minimum Gasteiger partial charge on any atom is -0.306 e. The molecule has 0 spiro atoms. The van der Waals surface area contributed by atoms with Crippen LogP contribution in [0.15, 0.2) is 60.7 Å². The molecule has 1 aliphatic carbocycles. The van der Waals surface area contributed by atoms with Crippen molar-refractivity contribution in [3.63, 3.8) is 0 Å². The Hall–Kier alpha value is -2.57. The maximum Gasteiger partial charge on any atom is 0.416 e. The van der Waals surface area contributed by atoms with Crippen molar-refractivity contribution in [1.82, 2.24) is 15.1 Å². The zero-order chi connectivity index (χ0) is 22.2. The van der Waals surface area contributed by atoms with Crippen LogP contribution in [0.1, 0.15) is 40.4 Å². The van der Waals surface area contributed by atoms with Gasteiger partial charge in [-0.15, -0.1) is 0 Å². The summed E-state index contributed by atoms with van der Waals surface area (Å²) in [6.07, 6.45) is 0.911. The molecule has 0 unspecified atom stereocenters. The Bertz CT molecular complexity index is 1100. The highest BCUT2D eigenvalue weighted by molar-refractivity contribution is 6.30. The van der Waals surface area contributed by atoms with Gasteiger partial charge in [-0.3, -0.25) is 0 Å². The van der Waals surface area contributed by atoms with Gasteiger partial charge in [-0.05, 0) is 62.2 Å². The first kappa shape index (κ1) is 21.7. The monoisotopic (exact) mass is 445 g/mol. The smallest absolute Gasteiger partial charge is 0.306 e. The second-order valence-electron chi connectivity index (χ2n) is 7.89. The van der Waals surface area contributed by atoms with Crippen LogP contribution in [-0.4, -0.2) is 15.8 Å². The highest BCUT2D eigenvalue weighted by atomic mass is 35.5. The molecule has 2 atom stereocenters. The van der Waals surface area contributed by atoms with Gasteiger partial charge in [-0.1, -0.05) is 35.9 Å². The Morgan fingerprint density at radius 3 is 2.52 bits per heavy atom. The highest BCUT2D eigenvalue weighted by Gasteiger charge is 2.30. The van der Waals surface area contributed by atoms with E-state index in [2.05, 4.69) is 22.6 Å². The second kappa shape index (κ2) is 8.52. The van der Waals surface area contributed by atoms with Gasteiger partial charge in [0, 0.05) is 34.8 Å². The summed E-state index contributed by atoms with van der Waals surface area (Å²) in [6, 6.07) is 13.1. The molecule has 0 saturated carbocycles. The summed E-state index contributed by atoms with van der Waals surface area (Å²) in [7, 11) is 0. The average Bonchev–Trinajstić information content (AvgIpc) is 3.29. The van der Waals surface area contributed by atoms with E-state index in [0.717, 1.165) is 52.6 Å². The van der Waals surface area contributed by atoms with Crippen LogP contribution in [0.4, 0.5) is 13.2 Å². The fraction of sp³-hybridized carbons (Fsp3) is 0.292. The van der Waals surface area contributed by atoms with Crippen LogP contribution < -0.4 is 5.32 Å². The summed E-state index contributed by atoms with van der Waals surface area (Å²) in [4.78, 5) is 0. The molecule has 0 bridgehead atoms. The van der Waals surface area contributed by atoms with Gasteiger partial charge in [0.05, 0.1) is 16.9 Å². The van der Waals surface area contributed by atoms with Gasteiger partial charge in [0.2, 0.25) is 0 Å². The third-order valence-electron chi connectivity index (χ3n) is 5.70. The molecule has 0 saturated heterocycles. The highest BCUT2D eigenvalue weighted by Crippen LogP contribution is 2.35. The van der Waals surface area contributed by atoms with E-state index in [0.29, 0.717) is 5.69 Å². The molecule has 1 aromatic heterocycles. The van der Waals surface area contributed by atoms with Gasteiger partial charge in [-0.25, -0.2) is 4.68 Å². The van der Waals surface area contributed by atoms with Gasteiger partial charge in [-0.2, -0.15) is 18.3 Å². The topological polar surface area (TPSA) is 29.9 Å². The Labute approximate surface area is 184 Å². The lowest BCUT2D eigenvalue weighted by Crippen LogP contribution is -2.25. The van der Waals surface area contributed by atoms with Crippen LogP contribution in [0.3, 0.4) is 0 Å². The quantitative estimate of drug-likeness (QED) is 0.463. The molecule has 3 aromatic rings. The van der Waals surface area contributed by atoms with Gasteiger partial charge in [0.25, 0.3) is 0 Å². The van der Waals surface area contributed by atoms with E-state index in [1.807, 2.05) is 38.1 Å². The van der Waals surface area contributed by atoms with Crippen LogP contribution >= 0.6 is 11.6 Å². The number of alkyl halides is 3. The van der Waals surface area contributed by atoms with E-state index >= 15 is 0 Å². The molecule has 7 heteroatoms. The molecule has 0 amide bonds. The zero-order valence-corrected chi connectivity index (χ0v) is 18.0. The standard InChI is InChI=1S/C24H23ClF3N3/c1-15-23(16(2)31(30-15)22-10-7-19(8-11-22)24(26,27)28)18-6-9-21(13-18)29-14-17-4-3-5-20(25)12-17/h3-12,18,21,29H,13-14H2,1-2H3/t18-,21-/m1/s1. The number of aryl methyl sites for hydroxylation is 1. The lowest BCUT2D eigenvalue weighted by molar-refractivity contribution is -0.137. The summed E-state index contributed by atoms with van der Waals surface area (Å²) in [5.41, 5.74) is 4.06. The van der Waals surface area contributed by atoms with E-state index in [-0.39, 0.29) is 12.0 Å². The van der Waals surface area contributed by atoms with E-state index in [1.54, 1.807) is 4.68 Å². The predicted octanol–water partition coefficient (Wildman–Crippen LogP) is 6.36. The summed E-state index contributed by atoms with van der Waals surface area (Å²) >= 11 is 6.06. The van der Waals surface area contributed by atoms with Gasteiger partial charge in [0.15, 0.2) is 0 Å². The largest absolute Gasteiger partial charge is 0.416 e. The van der Waals surface area contributed by atoms with Crippen LogP contribution in [0.25, 0.3) is 5.69 Å². The SMILES string of the molecule is Cc1nn(-c2ccc(C(F)(F)F)cc2)c(C)c1[C@@H]1C=C[C@@H](NCc2cccc(Cl)c2)C1. The van der Waals surface area contributed by atoms with Gasteiger partial charge < -0.3 is 5.32 Å². The molecule has 4 rings (SSSR count). The fourth-order valence-electron chi connectivity index (χ4n) is 4.19. The molecule has 0 aliphatic heterocycles. The van der Waals surface area contributed by atoms with Crippen molar-refractivity contribution in [3.8, 4) is 5.69 Å². The van der Waals surface area contributed by atoms with Crippen LogP contribution in [0, 0.1) is 13.8 Å². The van der Waals surface area contributed by atoms with Crippen molar-refractivity contribution in [2.45, 2.75) is 44.9 Å². The summed E-state index contributed by atoms with van der Waals surface area (Å²) in [5, 5.41) is 8.88. The molecule has 1 heterocycles. The molecule has 2 aromatic carbocycles. The third-order valence-corrected chi connectivity index (χ3v) is 5.93. The number of hydrogen-bond acceptors (Lipinski definition) is 2. The third kappa shape index (κ3) is 4.70. The Balaban J connectivity index is 1.47. The van der Waals surface area contributed by atoms with E-state index in [9.17, 15) is 13.2 Å². The fourth-order valence-corrected chi connectivity index (χ4v) is 4.41. The maximum atomic E-state index is 12.9. The lowest BCUT2D eigenvalue weighted by Gasteiger charge is -2.15. The minimum absolute atomic E-state index is 0.208. The van der Waals surface area contributed by atoms with Crippen molar-refractivity contribution in [2.24, 2.45) is 0 Å². The number of rotatable bonds is 5. The predicted molar refractivity (Wildman–Crippen MR) is 117 cm³/mol. The summed E-state index contributed by atoms with van der Waals surface area (Å²) in [6.45, 7) is 4.64. The van der Waals surface area contributed by atoms with Gasteiger partial charge in [0.1, 0.15) is 0 Å². The Morgan fingerprint density at radius 1 is 1.10 bits per heavy atom. The van der Waals surface area contributed by atoms with Crippen LogP contribution in [-0.2, 0) is 12.7 Å². The molecule has 1 aliphatic rings. The number of halogens is 4. The number of hydrogen-bond donors (Lipinski definition) is 1. The summed E-state index contributed by atoms with van der Waals surface area (Å²) < 4.78 is 40.3. The van der Waals surface area contributed by atoms with Crippen molar-refractivity contribution < 1.29 is 13.2 Å².